The second kappa shape index (κ2) is 6.89. The van der Waals surface area contributed by atoms with Gasteiger partial charge < -0.3 is 9.80 Å². The molecular weight excluding hydrogens is 248 g/mol. The fraction of sp³-hybridized carbons (Fsp3) is 0.588. The van der Waals surface area contributed by atoms with Gasteiger partial charge in [-0.25, -0.2) is 0 Å². The molecule has 2 rings (SSSR count). The number of amides is 1. The number of carbonyl (C=O) groups is 1. The lowest BCUT2D eigenvalue weighted by molar-refractivity contribution is -0.132. The van der Waals surface area contributed by atoms with Crippen molar-refractivity contribution in [3.05, 3.63) is 34.9 Å². The standard InChI is InChI=1S/C17H26N2O/c1-4-18-9-11-19(12-10-18)17(20)8-7-16-6-5-14(2)13-15(16)3/h5-6,13H,4,7-12H2,1-3H3. The van der Waals surface area contributed by atoms with Crippen LogP contribution in [0.2, 0.25) is 0 Å². The Labute approximate surface area is 122 Å². The van der Waals surface area contributed by atoms with Crippen LogP contribution < -0.4 is 0 Å². The van der Waals surface area contributed by atoms with Crippen molar-refractivity contribution in [1.82, 2.24) is 9.80 Å². The van der Waals surface area contributed by atoms with Gasteiger partial charge in [0.05, 0.1) is 0 Å². The Morgan fingerprint density at radius 1 is 1.15 bits per heavy atom. The molecule has 0 spiro atoms. The first-order chi connectivity index (χ1) is 9.60. The summed E-state index contributed by atoms with van der Waals surface area (Å²) < 4.78 is 0. The van der Waals surface area contributed by atoms with E-state index in [0.717, 1.165) is 39.1 Å². The lowest BCUT2D eigenvalue weighted by Crippen LogP contribution is -2.48. The van der Waals surface area contributed by atoms with Gasteiger partial charge in [-0.1, -0.05) is 30.7 Å². The third-order valence-electron chi connectivity index (χ3n) is 4.28. The highest BCUT2D eigenvalue weighted by Gasteiger charge is 2.19. The second-order valence-electron chi connectivity index (χ2n) is 5.74. The largest absolute Gasteiger partial charge is 0.340 e. The van der Waals surface area contributed by atoms with Crippen molar-refractivity contribution in [2.75, 3.05) is 32.7 Å². The van der Waals surface area contributed by atoms with E-state index in [1.165, 1.54) is 16.7 Å². The van der Waals surface area contributed by atoms with Crippen LogP contribution in [0.1, 0.15) is 30.0 Å². The monoisotopic (exact) mass is 274 g/mol. The number of likely N-dealkylation sites (N-methyl/N-ethyl adjacent to an activating group) is 1. The SMILES string of the molecule is CCN1CCN(C(=O)CCc2ccc(C)cc2C)CC1. The van der Waals surface area contributed by atoms with Gasteiger partial charge >= 0.3 is 0 Å². The average molecular weight is 274 g/mol. The fourth-order valence-electron chi connectivity index (χ4n) is 2.84. The number of rotatable bonds is 4. The zero-order chi connectivity index (χ0) is 14.5. The Hall–Kier alpha value is -1.35. The maximum Gasteiger partial charge on any atom is 0.222 e. The van der Waals surface area contributed by atoms with Crippen LogP contribution in [0.5, 0.6) is 0 Å². The molecule has 0 radical (unpaired) electrons. The highest BCUT2D eigenvalue weighted by Crippen LogP contribution is 2.13. The van der Waals surface area contributed by atoms with Gasteiger partial charge in [0.25, 0.3) is 0 Å². The normalized spacial score (nSPS) is 16.4. The van der Waals surface area contributed by atoms with Crippen molar-refractivity contribution in [2.45, 2.75) is 33.6 Å². The van der Waals surface area contributed by atoms with E-state index in [0.29, 0.717) is 12.3 Å². The van der Waals surface area contributed by atoms with Gasteiger partial charge in [-0.3, -0.25) is 4.79 Å². The third-order valence-corrected chi connectivity index (χ3v) is 4.28. The Bertz CT molecular complexity index is 462. The Kier molecular flexibility index (Phi) is 5.18. The molecule has 0 saturated carbocycles. The molecular formula is C17H26N2O. The van der Waals surface area contributed by atoms with E-state index < -0.39 is 0 Å². The number of carbonyl (C=O) groups excluding carboxylic acids is 1. The van der Waals surface area contributed by atoms with Crippen LogP contribution in [0, 0.1) is 13.8 Å². The first-order valence-electron chi connectivity index (χ1n) is 7.66. The molecule has 3 nitrogen and oxygen atoms in total. The number of aryl methyl sites for hydroxylation is 3. The molecule has 1 aliphatic heterocycles. The van der Waals surface area contributed by atoms with Gasteiger partial charge in [-0.05, 0) is 37.9 Å². The first kappa shape index (κ1) is 15.0. The van der Waals surface area contributed by atoms with Crippen LogP contribution >= 0.6 is 0 Å². The lowest BCUT2D eigenvalue weighted by Gasteiger charge is -2.34. The summed E-state index contributed by atoms with van der Waals surface area (Å²) in [5, 5.41) is 0. The van der Waals surface area contributed by atoms with Crippen molar-refractivity contribution >= 4 is 5.91 Å². The van der Waals surface area contributed by atoms with E-state index in [1.54, 1.807) is 0 Å². The first-order valence-corrected chi connectivity index (χ1v) is 7.66. The number of nitrogens with zero attached hydrogens (tertiary/aromatic N) is 2. The van der Waals surface area contributed by atoms with E-state index in [4.69, 9.17) is 0 Å². The molecule has 3 heteroatoms. The van der Waals surface area contributed by atoms with Gasteiger partial charge in [0.15, 0.2) is 0 Å². The summed E-state index contributed by atoms with van der Waals surface area (Å²) in [7, 11) is 0. The third kappa shape index (κ3) is 3.83. The summed E-state index contributed by atoms with van der Waals surface area (Å²) in [6, 6.07) is 6.49. The molecule has 1 aromatic rings. The van der Waals surface area contributed by atoms with Crippen LogP contribution in [-0.2, 0) is 11.2 Å². The molecule has 20 heavy (non-hydrogen) atoms. The van der Waals surface area contributed by atoms with E-state index in [-0.39, 0.29) is 0 Å². The van der Waals surface area contributed by atoms with Crippen molar-refractivity contribution in [3.8, 4) is 0 Å². The summed E-state index contributed by atoms with van der Waals surface area (Å²) >= 11 is 0. The number of benzene rings is 1. The zero-order valence-corrected chi connectivity index (χ0v) is 13.0. The van der Waals surface area contributed by atoms with Crippen molar-refractivity contribution in [1.29, 1.82) is 0 Å². The summed E-state index contributed by atoms with van der Waals surface area (Å²) in [6.07, 6.45) is 1.50. The van der Waals surface area contributed by atoms with Crippen LogP contribution in [0.3, 0.4) is 0 Å². The van der Waals surface area contributed by atoms with Crippen LogP contribution in [-0.4, -0.2) is 48.4 Å². The molecule has 0 aromatic heterocycles. The van der Waals surface area contributed by atoms with Crippen LogP contribution in [0.4, 0.5) is 0 Å². The molecule has 110 valence electrons. The Morgan fingerprint density at radius 3 is 2.45 bits per heavy atom. The summed E-state index contributed by atoms with van der Waals surface area (Å²) in [4.78, 5) is 16.7. The van der Waals surface area contributed by atoms with Crippen molar-refractivity contribution in [3.63, 3.8) is 0 Å². The fourth-order valence-corrected chi connectivity index (χ4v) is 2.84. The maximum atomic E-state index is 12.3. The molecule has 0 unspecified atom stereocenters. The number of hydrogen-bond acceptors (Lipinski definition) is 2. The highest BCUT2D eigenvalue weighted by atomic mass is 16.2. The second-order valence-corrected chi connectivity index (χ2v) is 5.74. The summed E-state index contributed by atoms with van der Waals surface area (Å²) in [6.45, 7) is 11.3. The lowest BCUT2D eigenvalue weighted by atomic mass is 10.0. The molecule has 1 amide bonds. The minimum atomic E-state index is 0.306. The molecule has 1 aromatic carbocycles. The van der Waals surface area contributed by atoms with Crippen LogP contribution in [0.15, 0.2) is 18.2 Å². The minimum Gasteiger partial charge on any atom is -0.340 e. The summed E-state index contributed by atoms with van der Waals surface area (Å²) in [5.74, 6) is 0.306. The van der Waals surface area contributed by atoms with Gasteiger partial charge in [0.1, 0.15) is 0 Å². The van der Waals surface area contributed by atoms with E-state index in [2.05, 4.69) is 43.9 Å². The number of piperazine rings is 1. The Morgan fingerprint density at radius 2 is 1.85 bits per heavy atom. The number of hydrogen-bond donors (Lipinski definition) is 0. The van der Waals surface area contributed by atoms with Crippen LogP contribution in [0.25, 0.3) is 0 Å². The van der Waals surface area contributed by atoms with E-state index in [9.17, 15) is 4.79 Å². The molecule has 0 bridgehead atoms. The average Bonchev–Trinajstić information content (AvgIpc) is 2.46. The van der Waals surface area contributed by atoms with Crippen molar-refractivity contribution < 1.29 is 4.79 Å². The van der Waals surface area contributed by atoms with Gasteiger partial charge in [0.2, 0.25) is 5.91 Å². The predicted molar refractivity (Wildman–Crippen MR) is 82.9 cm³/mol. The maximum absolute atomic E-state index is 12.3. The Balaban J connectivity index is 1.83. The van der Waals surface area contributed by atoms with Gasteiger partial charge in [-0.15, -0.1) is 0 Å². The molecule has 1 fully saturated rings. The predicted octanol–water partition coefficient (Wildman–Crippen LogP) is 2.40. The quantitative estimate of drug-likeness (QED) is 0.842. The minimum absolute atomic E-state index is 0.306. The van der Waals surface area contributed by atoms with Crippen molar-refractivity contribution in [2.24, 2.45) is 0 Å². The molecule has 1 heterocycles. The van der Waals surface area contributed by atoms with Gasteiger partial charge in [0, 0.05) is 32.6 Å². The summed E-state index contributed by atoms with van der Waals surface area (Å²) in [5.41, 5.74) is 3.89. The highest BCUT2D eigenvalue weighted by molar-refractivity contribution is 5.76. The molecule has 0 N–H and O–H groups in total. The molecule has 1 saturated heterocycles. The van der Waals surface area contributed by atoms with E-state index in [1.807, 2.05) is 4.90 Å². The molecule has 0 atom stereocenters. The molecule has 1 aliphatic rings. The van der Waals surface area contributed by atoms with Gasteiger partial charge in [-0.2, -0.15) is 0 Å². The topological polar surface area (TPSA) is 23.6 Å². The van der Waals surface area contributed by atoms with E-state index >= 15 is 0 Å². The smallest absolute Gasteiger partial charge is 0.222 e. The zero-order valence-electron chi connectivity index (χ0n) is 13.0. The molecule has 0 aliphatic carbocycles.